The third-order valence-corrected chi connectivity index (χ3v) is 2.13. The summed E-state index contributed by atoms with van der Waals surface area (Å²) in [7, 11) is 0. The maximum atomic E-state index is 10.9. The van der Waals surface area contributed by atoms with Gasteiger partial charge in [0.2, 0.25) is 5.91 Å². The molecule has 0 unspecified atom stereocenters. The number of ether oxygens (including phenoxy) is 1. The first kappa shape index (κ1) is 9.52. The van der Waals surface area contributed by atoms with Crippen molar-refractivity contribution in [2.24, 2.45) is 5.92 Å². The van der Waals surface area contributed by atoms with E-state index in [-0.39, 0.29) is 12.0 Å². The summed E-state index contributed by atoms with van der Waals surface area (Å²) in [5.41, 5.74) is 0. The molecule has 0 aromatic carbocycles. The SMILES string of the molecule is CCC(=O)NC[C@@H]1C[C@H](C)CO1. The summed E-state index contributed by atoms with van der Waals surface area (Å²) in [6.45, 7) is 5.54. The zero-order valence-corrected chi connectivity index (χ0v) is 7.80. The molecule has 1 amide bonds. The van der Waals surface area contributed by atoms with Crippen LogP contribution in [0.2, 0.25) is 0 Å². The molecule has 1 aliphatic heterocycles. The van der Waals surface area contributed by atoms with Crippen molar-refractivity contribution in [2.75, 3.05) is 13.2 Å². The van der Waals surface area contributed by atoms with Gasteiger partial charge in [-0.1, -0.05) is 13.8 Å². The van der Waals surface area contributed by atoms with Crippen molar-refractivity contribution in [3.8, 4) is 0 Å². The van der Waals surface area contributed by atoms with Crippen LogP contribution in [0.25, 0.3) is 0 Å². The van der Waals surface area contributed by atoms with Gasteiger partial charge in [0.05, 0.1) is 6.10 Å². The Bertz CT molecular complexity index is 159. The maximum absolute atomic E-state index is 10.9. The highest BCUT2D eigenvalue weighted by molar-refractivity contribution is 5.75. The third-order valence-electron chi connectivity index (χ3n) is 2.13. The van der Waals surface area contributed by atoms with Crippen molar-refractivity contribution in [3.05, 3.63) is 0 Å². The van der Waals surface area contributed by atoms with Gasteiger partial charge in [-0.25, -0.2) is 0 Å². The first-order chi connectivity index (χ1) is 5.72. The van der Waals surface area contributed by atoms with E-state index >= 15 is 0 Å². The fourth-order valence-corrected chi connectivity index (χ4v) is 1.38. The van der Waals surface area contributed by atoms with Gasteiger partial charge in [-0.2, -0.15) is 0 Å². The molecule has 3 heteroatoms. The molecular formula is C9H17NO2. The van der Waals surface area contributed by atoms with Crippen molar-refractivity contribution >= 4 is 5.91 Å². The molecule has 1 rings (SSSR count). The van der Waals surface area contributed by atoms with Crippen LogP contribution in [0, 0.1) is 5.92 Å². The van der Waals surface area contributed by atoms with Gasteiger partial charge in [-0.05, 0) is 12.3 Å². The van der Waals surface area contributed by atoms with Gasteiger partial charge in [0.1, 0.15) is 0 Å². The van der Waals surface area contributed by atoms with Crippen LogP contribution in [0.3, 0.4) is 0 Å². The van der Waals surface area contributed by atoms with Crippen molar-refractivity contribution in [2.45, 2.75) is 32.8 Å². The normalized spacial score (nSPS) is 28.8. The average molecular weight is 171 g/mol. The zero-order chi connectivity index (χ0) is 8.97. The van der Waals surface area contributed by atoms with Crippen molar-refractivity contribution in [3.63, 3.8) is 0 Å². The summed E-state index contributed by atoms with van der Waals surface area (Å²) in [5, 5.41) is 2.83. The van der Waals surface area contributed by atoms with E-state index in [1.807, 2.05) is 6.92 Å². The molecule has 1 aliphatic rings. The van der Waals surface area contributed by atoms with E-state index in [4.69, 9.17) is 4.74 Å². The Kier molecular flexibility index (Phi) is 3.53. The van der Waals surface area contributed by atoms with Crippen LogP contribution in [-0.2, 0) is 9.53 Å². The van der Waals surface area contributed by atoms with Gasteiger partial charge >= 0.3 is 0 Å². The van der Waals surface area contributed by atoms with Crippen molar-refractivity contribution in [1.82, 2.24) is 5.32 Å². The van der Waals surface area contributed by atoms with Crippen LogP contribution in [0.15, 0.2) is 0 Å². The van der Waals surface area contributed by atoms with Crippen molar-refractivity contribution in [1.29, 1.82) is 0 Å². The van der Waals surface area contributed by atoms with Crippen LogP contribution in [-0.4, -0.2) is 25.2 Å². The second-order valence-corrected chi connectivity index (χ2v) is 3.45. The summed E-state index contributed by atoms with van der Waals surface area (Å²) in [6.07, 6.45) is 1.88. The minimum absolute atomic E-state index is 0.109. The molecule has 1 N–H and O–H groups in total. The molecule has 0 spiro atoms. The Labute approximate surface area is 73.5 Å². The van der Waals surface area contributed by atoms with Crippen LogP contribution in [0.4, 0.5) is 0 Å². The van der Waals surface area contributed by atoms with Gasteiger partial charge in [-0.3, -0.25) is 4.79 Å². The molecule has 1 saturated heterocycles. The second-order valence-electron chi connectivity index (χ2n) is 3.45. The summed E-state index contributed by atoms with van der Waals surface area (Å²) in [6, 6.07) is 0. The molecule has 0 radical (unpaired) electrons. The fourth-order valence-electron chi connectivity index (χ4n) is 1.38. The Hall–Kier alpha value is -0.570. The van der Waals surface area contributed by atoms with Crippen LogP contribution in [0.1, 0.15) is 26.7 Å². The molecule has 0 aliphatic carbocycles. The smallest absolute Gasteiger partial charge is 0.219 e. The molecule has 1 fully saturated rings. The molecule has 70 valence electrons. The van der Waals surface area contributed by atoms with Gasteiger partial charge in [-0.15, -0.1) is 0 Å². The van der Waals surface area contributed by atoms with Crippen molar-refractivity contribution < 1.29 is 9.53 Å². The molecule has 1 heterocycles. The largest absolute Gasteiger partial charge is 0.376 e. The highest BCUT2D eigenvalue weighted by atomic mass is 16.5. The first-order valence-corrected chi connectivity index (χ1v) is 4.60. The highest BCUT2D eigenvalue weighted by Gasteiger charge is 2.21. The molecule has 3 nitrogen and oxygen atoms in total. The predicted molar refractivity (Wildman–Crippen MR) is 46.8 cm³/mol. The topological polar surface area (TPSA) is 38.3 Å². The van der Waals surface area contributed by atoms with E-state index in [1.165, 1.54) is 0 Å². The lowest BCUT2D eigenvalue weighted by molar-refractivity contribution is -0.121. The molecule has 0 saturated carbocycles. The first-order valence-electron chi connectivity index (χ1n) is 4.60. The Morgan fingerprint density at radius 3 is 2.92 bits per heavy atom. The van der Waals surface area contributed by atoms with E-state index in [0.717, 1.165) is 13.0 Å². The third kappa shape index (κ3) is 2.81. The molecule has 0 aromatic rings. The Morgan fingerprint density at radius 2 is 2.42 bits per heavy atom. The predicted octanol–water partition coefficient (Wildman–Crippen LogP) is 0.938. The lowest BCUT2D eigenvalue weighted by Crippen LogP contribution is -2.31. The minimum atomic E-state index is 0.109. The number of nitrogens with one attached hydrogen (secondary N) is 1. The van der Waals surface area contributed by atoms with E-state index in [9.17, 15) is 4.79 Å². The van der Waals surface area contributed by atoms with Crippen LogP contribution < -0.4 is 5.32 Å². The molecule has 0 aromatic heterocycles. The Morgan fingerprint density at radius 1 is 1.67 bits per heavy atom. The molecule has 12 heavy (non-hydrogen) atoms. The van der Waals surface area contributed by atoms with E-state index in [2.05, 4.69) is 12.2 Å². The fraction of sp³-hybridized carbons (Fsp3) is 0.889. The van der Waals surface area contributed by atoms with Gasteiger partial charge in [0, 0.05) is 19.6 Å². The number of rotatable bonds is 3. The van der Waals surface area contributed by atoms with Crippen LogP contribution >= 0.6 is 0 Å². The highest BCUT2D eigenvalue weighted by Crippen LogP contribution is 2.17. The summed E-state index contributed by atoms with van der Waals surface area (Å²) in [4.78, 5) is 10.9. The zero-order valence-electron chi connectivity index (χ0n) is 7.80. The van der Waals surface area contributed by atoms with Gasteiger partial charge in [0.25, 0.3) is 0 Å². The quantitative estimate of drug-likeness (QED) is 0.686. The van der Waals surface area contributed by atoms with E-state index < -0.39 is 0 Å². The monoisotopic (exact) mass is 171 g/mol. The summed E-state index contributed by atoms with van der Waals surface area (Å²) in [5.74, 6) is 0.756. The maximum Gasteiger partial charge on any atom is 0.219 e. The number of hydrogen-bond donors (Lipinski definition) is 1. The number of carbonyl (C=O) groups excluding carboxylic acids is 1. The molecular weight excluding hydrogens is 154 g/mol. The molecule has 0 bridgehead atoms. The number of amides is 1. The number of hydrogen-bond acceptors (Lipinski definition) is 2. The number of carbonyl (C=O) groups is 1. The Balaban J connectivity index is 2.11. The minimum Gasteiger partial charge on any atom is -0.376 e. The van der Waals surface area contributed by atoms with E-state index in [0.29, 0.717) is 18.9 Å². The van der Waals surface area contributed by atoms with E-state index in [1.54, 1.807) is 0 Å². The van der Waals surface area contributed by atoms with Gasteiger partial charge < -0.3 is 10.1 Å². The standard InChI is InChI=1S/C9H17NO2/c1-3-9(11)10-5-8-4-7(2)6-12-8/h7-8H,3-6H2,1-2H3,(H,10,11)/t7-,8-/m0/s1. The lowest BCUT2D eigenvalue weighted by Gasteiger charge is -2.09. The van der Waals surface area contributed by atoms with Gasteiger partial charge in [0.15, 0.2) is 0 Å². The van der Waals surface area contributed by atoms with Crippen LogP contribution in [0.5, 0.6) is 0 Å². The second kappa shape index (κ2) is 4.45. The summed E-state index contributed by atoms with van der Waals surface area (Å²) < 4.78 is 5.45. The average Bonchev–Trinajstić information content (AvgIpc) is 2.47. The lowest BCUT2D eigenvalue weighted by atomic mass is 10.1. The molecule has 2 atom stereocenters. The summed E-state index contributed by atoms with van der Waals surface area (Å²) >= 11 is 0.